The molecule has 1 N–H and O–H groups in total. The first-order chi connectivity index (χ1) is 10.2. The molecule has 2 heteroatoms. The van der Waals surface area contributed by atoms with Crippen LogP contribution in [-0.4, -0.2) is 13.1 Å². The van der Waals surface area contributed by atoms with Crippen LogP contribution >= 0.6 is 11.6 Å². The highest BCUT2D eigenvalue weighted by molar-refractivity contribution is 6.30. The molecule has 1 atom stereocenters. The Bertz CT molecular complexity index is 590. The van der Waals surface area contributed by atoms with Crippen LogP contribution in [0.4, 0.5) is 0 Å². The Morgan fingerprint density at radius 2 is 1.86 bits per heavy atom. The summed E-state index contributed by atoms with van der Waals surface area (Å²) in [5.41, 5.74) is 3.06. The van der Waals surface area contributed by atoms with Crippen molar-refractivity contribution >= 4 is 11.6 Å². The summed E-state index contributed by atoms with van der Waals surface area (Å²) in [6.45, 7) is 0. The molecular formula is C19H22ClN. The molecule has 0 aliphatic heterocycles. The minimum Gasteiger partial charge on any atom is -0.316 e. The van der Waals surface area contributed by atoms with E-state index in [0.717, 1.165) is 11.4 Å². The molecule has 0 bridgehead atoms. The largest absolute Gasteiger partial charge is 0.316 e. The fourth-order valence-corrected chi connectivity index (χ4v) is 3.85. The Morgan fingerprint density at radius 1 is 1.10 bits per heavy atom. The monoisotopic (exact) mass is 299 g/mol. The third-order valence-corrected chi connectivity index (χ3v) is 5.17. The first-order valence-electron chi connectivity index (χ1n) is 7.72. The van der Waals surface area contributed by atoms with Crippen molar-refractivity contribution < 1.29 is 0 Å². The van der Waals surface area contributed by atoms with Gasteiger partial charge in [-0.15, -0.1) is 0 Å². The molecule has 0 radical (unpaired) electrons. The summed E-state index contributed by atoms with van der Waals surface area (Å²) in [6, 6.07) is 19.7. The van der Waals surface area contributed by atoms with Gasteiger partial charge in [0.2, 0.25) is 0 Å². The van der Waals surface area contributed by atoms with Crippen LogP contribution in [0.5, 0.6) is 0 Å². The number of likely N-dealkylation sites (N-methyl/N-ethyl adjacent to an activating group) is 1. The van der Waals surface area contributed by atoms with Gasteiger partial charge < -0.3 is 5.32 Å². The standard InChI is InChI=1S/C19H22ClN/c1-21-18(14-15-7-5-10-17(20)13-15)19(11-6-12-19)16-8-3-2-4-9-16/h2-5,7-10,13,18,21H,6,11-12,14H2,1H3. The van der Waals surface area contributed by atoms with Gasteiger partial charge in [0.05, 0.1) is 0 Å². The fourth-order valence-electron chi connectivity index (χ4n) is 3.64. The van der Waals surface area contributed by atoms with Gasteiger partial charge in [0.25, 0.3) is 0 Å². The summed E-state index contributed by atoms with van der Waals surface area (Å²) in [6.07, 6.45) is 4.88. The summed E-state index contributed by atoms with van der Waals surface area (Å²) in [7, 11) is 2.08. The summed E-state index contributed by atoms with van der Waals surface area (Å²) in [5, 5.41) is 4.39. The van der Waals surface area contributed by atoms with Gasteiger partial charge in [0.15, 0.2) is 0 Å². The quantitative estimate of drug-likeness (QED) is 0.851. The Morgan fingerprint density at radius 3 is 2.43 bits per heavy atom. The summed E-state index contributed by atoms with van der Waals surface area (Å²) < 4.78 is 0. The SMILES string of the molecule is CNC(Cc1cccc(Cl)c1)C1(c2ccccc2)CCC1. The van der Waals surface area contributed by atoms with Gasteiger partial charge in [-0.2, -0.15) is 0 Å². The van der Waals surface area contributed by atoms with E-state index >= 15 is 0 Å². The van der Waals surface area contributed by atoms with Crippen molar-refractivity contribution in [1.29, 1.82) is 0 Å². The van der Waals surface area contributed by atoms with Gasteiger partial charge in [-0.3, -0.25) is 0 Å². The van der Waals surface area contributed by atoms with Crippen molar-refractivity contribution in [2.24, 2.45) is 0 Å². The Balaban J connectivity index is 1.87. The minimum absolute atomic E-state index is 0.276. The Hall–Kier alpha value is -1.31. The summed E-state index contributed by atoms with van der Waals surface area (Å²) >= 11 is 6.13. The van der Waals surface area contributed by atoms with E-state index in [9.17, 15) is 0 Å². The number of hydrogen-bond donors (Lipinski definition) is 1. The molecule has 3 rings (SSSR count). The predicted molar refractivity (Wildman–Crippen MR) is 90.0 cm³/mol. The molecule has 1 aliphatic carbocycles. The van der Waals surface area contributed by atoms with Gasteiger partial charge in [-0.05, 0) is 49.6 Å². The zero-order chi connectivity index (χ0) is 14.7. The molecule has 0 saturated heterocycles. The first kappa shape index (κ1) is 14.6. The maximum absolute atomic E-state index is 6.13. The molecular weight excluding hydrogens is 278 g/mol. The second-order valence-corrected chi connectivity index (χ2v) is 6.49. The second-order valence-electron chi connectivity index (χ2n) is 6.05. The van der Waals surface area contributed by atoms with E-state index in [1.807, 2.05) is 12.1 Å². The maximum atomic E-state index is 6.13. The minimum atomic E-state index is 0.276. The fraction of sp³-hybridized carbons (Fsp3) is 0.368. The average Bonchev–Trinajstić information content (AvgIpc) is 2.46. The third kappa shape index (κ3) is 2.86. The number of nitrogens with one attached hydrogen (secondary N) is 1. The average molecular weight is 300 g/mol. The zero-order valence-corrected chi connectivity index (χ0v) is 13.2. The van der Waals surface area contributed by atoms with E-state index in [-0.39, 0.29) is 5.41 Å². The molecule has 0 heterocycles. The maximum Gasteiger partial charge on any atom is 0.0408 e. The van der Waals surface area contributed by atoms with E-state index in [1.54, 1.807) is 0 Å². The molecule has 2 aromatic carbocycles. The Kier molecular flexibility index (Phi) is 4.32. The van der Waals surface area contributed by atoms with Gasteiger partial charge in [0, 0.05) is 16.5 Å². The van der Waals surface area contributed by atoms with Crippen LogP contribution in [0.15, 0.2) is 54.6 Å². The van der Waals surface area contributed by atoms with Crippen LogP contribution < -0.4 is 5.32 Å². The molecule has 2 aromatic rings. The summed E-state index contributed by atoms with van der Waals surface area (Å²) in [5.74, 6) is 0. The van der Waals surface area contributed by atoms with E-state index < -0.39 is 0 Å². The number of halogens is 1. The molecule has 1 unspecified atom stereocenters. The highest BCUT2D eigenvalue weighted by Crippen LogP contribution is 2.47. The lowest BCUT2D eigenvalue weighted by atomic mass is 9.59. The second kappa shape index (κ2) is 6.21. The van der Waals surface area contributed by atoms with Gasteiger partial charge in [-0.1, -0.05) is 60.5 Å². The van der Waals surface area contributed by atoms with Crippen molar-refractivity contribution in [3.8, 4) is 0 Å². The Labute approximate surface area is 132 Å². The molecule has 1 fully saturated rings. The van der Waals surface area contributed by atoms with Crippen molar-refractivity contribution in [2.75, 3.05) is 7.05 Å². The molecule has 0 aromatic heterocycles. The van der Waals surface area contributed by atoms with Gasteiger partial charge in [-0.25, -0.2) is 0 Å². The van der Waals surface area contributed by atoms with Crippen molar-refractivity contribution in [3.05, 3.63) is 70.7 Å². The number of rotatable bonds is 5. The predicted octanol–water partition coefficient (Wildman–Crippen LogP) is 4.59. The molecule has 110 valence electrons. The van der Waals surface area contributed by atoms with Crippen LogP contribution in [0.3, 0.4) is 0 Å². The lowest BCUT2D eigenvalue weighted by molar-refractivity contribution is 0.174. The number of benzene rings is 2. The van der Waals surface area contributed by atoms with Crippen LogP contribution in [0.1, 0.15) is 30.4 Å². The zero-order valence-electron chi connectivity index (χ0n) is 12.5. The summed E-state index contributed by atoms with van der Waals surface area (Å²) in [4.78, 5) is 0. The van der Waals surface area contributed by atoms with Crippen molar-refractivity contribution in [2.45, 2.75) is 37.1 Å². The first-order valence-corrected chi connectivity index (χ1v) is 8.10. The highest BCUT2D eigenvalue weighted by Gasteiger charge is 2.44. The van der Waals surface area contributed by atoms with Crippen molar-refractivity contribution in [1.82, 2.24) is 5.32 Å². The molecule has 0 spiro atoms. The normalized spacial score (nSPS) is 18.0. The lowest BCUT2D eigenvalue weighted by Gasteiger charge is -2.48. The topological polar surface area (TPSA) is 12.0 Å². The van der Waals surface area contributed by atoms with Gasteiger partial charge >= 0.3 is 0 Å². The van der Waals surface area contributed by atoms with E-state index in [0.29, 0.717) is 6.04 Å². The molecule has 0 amide bonds. The highest BCUT2D eigenvalue weighted by atomic mass is 35.5. The van der Waals surface area contributed by atoms with Crippen LogP contribution in [0, 0.1) is 0 Å². The molecule has 1 nitrogen and oxygen atoms in total. The molecule has 1 aliphatic rings. The van der Waals surface area contributed by atoms with Crippen LogP contribution in [0.2, 0.25) is 5.02 Å². The van der Waals surface area contributed by atoms with Gasteiger partial charge in [0.1, 0.15) is 0 Å². The van der Waals surface area contributed by atoms with E-state index in [1.165, 1.54) is 30.4 Å². The van der Waals surface area contributed by atoms with Crippen molar-refractivity contribution in [3.63, 3.8) is 0 Å². The molecule has 21 heavy (non-hydrogen) atoms. The third-order valence-electron chi connectivity index (χ3n) is 4.94. The van der Waals surface area contributed by atoms with E-state index in [2.05, 4.69) is 54.8 Å². The lowest BCUT2D eigenvalue weighted by Crippen LogP contribution is -2.52. The van der Waals surface area contributed by atoms with Crippen LogP contribution in [0.25, 0.3) is 0 Å². The van der Waals surface area contributed by atoms with Crippen LogP contribution in [-0.2, 0) is 11.8 Å². The number of hydrogen-bond acceptors (Lipinski definition) is 1. The smallest absolute Gasteiger partial charge is 0.0408 e. The van der Waals surface area contributed by atoms with E-state index in [4.69, 9.17) is 11.6 Å². The molecule has 1 saturated carbocycles.